The lowest BCUT2D eigenvalue weighted by Gasteiger charge is -2.30. The zero-order valence-electron chi connectivity index (χ0n) is 14.9. The van der Waals surface area contributed by atoms with Crippen molar-refractivity contribution in [1.82, 2.24) is 20.1 Å². The van der Waals surface area contributed by atoms with E-state index in [1.807, 2.05) is 0 Å². The molecule has 1 aromatic carbocycles. The molecule has 8 nitrogen and oxygen atoms in total. The van der Waals surface area contributed by atoms with E-state index in [9.17, 15) is 27.6 Å². The fourth-order valence-corrected chi connectivity index (χ4v) is 3.54. The van der Waals surface area contributed by atoms with Gasteiger partial charge < -0.3 is 14.3 Å². The molecule has 3 aromatic rings. The van der Waals surface area contributed by atoms with Crippen LogP contribution in [0.3, 0.4) is 0 Å². The van der Waals surface area contributed by atoms with Crippen LogP contribution in [0.4, 0.5) is 13.2 Å². The summed E-state index contributed by atoms with van der Waals surface area (Å²) < 4.78 is 44.4. The standard InChI is InChI=1S/C18H15F3N4O4/c19-18(20,21)12-3-1-2-10-8-11(14(26)22-13(10)12)16(27)25-6-4-9(5-7-25)15-23-24-17(28)29-15/h1-3,8-9H,4-7H2,(H,22,26)(H,24,28). The highest BCUT2D eigenvalue weighted by Gasteiger charge is 2.34. The summed E-state index contributed by atoms with van der Waals surface area (Å²) in [6.07, 6.45) is -3.68. The van der Waals surface area contributed by atoms with Crippen LogP contribution in [0.1, 0.15) is 40.6 Å². The van der Waals surface area contributed by atoms with E-state index in [2.05, 4.69) is 15.2 Å². The smallest absolute Gasteiger partial charge is 0.392 e. The monoisotopic (exact) mass is 408 g/mol. The summed E-state index contributed by atoms with van der Waals surface area (Å²) in [5, 5.41) is 6.10. The van der Waals surface area contributed by atoms with Gasteiger partial charge in [-0.15, -0.1) is 5.10 Å². The number of hydrogen-bond donors (Lipinski definition) is 2. The molecule has 1 fully saturated rings. The molecule has 0 bridgehead atoms. The number of H-pyrrole nitrogens is 2. The first-order valence-corrected chi connectivity index (χ1v) is 8.82. The van der Waals surface area contributed by atoms with Crippen molar-refractivity contribution < 1.29 is 22.4 Å². The number of para-hydroxylation sites is 1. The number of fused-ring (bicyclic) bond motifs is 1. The number of alkyl halides is 3. The molecule has 11 heteroatoms. The second-order valence-electron chi connectivity index (χ2n) is 6.80. The van der Waals surface area contributed by atoms with Gasteiger partial charge in [0.05, 0.1) is 11.1 Å². The number of likely N-dealkylation sites (tertiary alicyclic amines) is 1. The number of benzene rings is 1. The van der Waals surface area contributed by atoms with Gasteiger partial charge in [-0.1, -0.05) is 12.1 Å². The minimum Gasteiger partial charge on any atom is -0.392 e. The Bertz CT molecular complexity index is 1190. The number of carbonyl (C=O) groups is 1. The molecule has 1 aliphatic rings. The van der Waals surface area contributed by atoms with Crippen LogP contribution < -0.4 is 11.3 Å². The second kappa shape index (κ2) is 6.90. The summed E-state index contributed by atoms with van der Waals surface area (Å²) in [6.45, 7) is 0.584. The minimum atomic E-state index is -4.63. The number of rotatable bonds is 2. The van der Waals surface area contributed by atoms with Crippen LogP contribution in [0.2, 0.25) is 0 Å². The van der Waals surface area contributed by atoms with Gasteiger partial charge in [-0.3, -0.25) is 9.59 Å². The molecule has 1 amide bonds. The van der Waals surface area contributed by atoms with Gasteiger partial charge in [0, 0.05) is 19.0 Å². The second-order valence-corrected chi connectivity index (χ2v) is 6.80. The maximum Gasteiger partial charge on any atom is 0.434 e. The first-order valence-electron chi connectivity index (χ1n) is 8.82. The highest BCUT2D eigenvalue weighted by molar-refractivity contribution is 5.97. The van der Waals surface area contributed by atoms with Crippen LogP contribution in [-0.2, 0) is 6.18 Å². The molecule has 1 saturated heterocycles. The van der Waals surface area contributed by atoms with E-state index < -0.39 is 29.0 Å². The third kappa shape index (κ3) is 3.55. The lowest BCUT2D eigenvalue weighted by molar-refractivity contribution is -0.136. The Morgan fingerprint density at radius 1 is 1.21 bits per heavy atom. The quantitative estimate of drug-likeness (QED) is 0.676. The summed E-state index contributed by atoms with van der Waals surface area (Å²) >= 11 is 0. The molecular formula is C18H15F3N4O4. The van der Waals surface area contributed by atoms with E-state index in [4.69, 9.17) is 4.42 Å². The van der Waals surface area contributed by atoms with Crippen molar-refractivity contribution >= 4 is 16.8 Å². The Morgan fingerprint density at radius 3 is 2.55 bits per heavy atom. The Morgan fingerprint density at radius 2 is 1.93 bits per heavy atom. The maximum atomic E-state index is 13.1. The normalized spacial score (nSPS) is 15.8. The Balaban J connectivity index is 1.59. The highest BCUT2D eigenvalue weighted by atomic mass is 19.4. The van der Waals surface area contributed by atoms with Crippen molar-refractivity contribution in [2.45, 2.75) is 24.9 Å². The average Bonchev–Trinajstić information content (AvgIpc) is 3.12. The van der Waals surface area contributed by atoms with Crippen LogP contribution in [0.25, 0.3) is 10.9 Å². The third-order valence-electron chi connectivity index (χ3n) is 5.00. The number of amides is 1. The SMILES string of the molecule is O=C(c1cc2cccc(C(F)(F)F)c2[nH]c1=O)N1CCC(c2n[nH]c(=O)o2)CC1. The molecule has 2 aromatic heterocycles. The molecule has 4 rings (SSSR count). The summed E-state index contributed by atoms with van der Waals surface area (Å²) in [7, 11) is 0. The number of halogens is 3. The molecule has 0 radical (unpaired) electrons. The summed E-state index contributed by atoms with van der Waals surface area (Å²) in [5.41, 5.74) is -2.41. The molecule has 2 N–H and O–H groups in total. The minimum absolute atomic E-state index is 0.121. The van der Waals surface area contributed by atoms with E-state index in [-0.39, 0.29) is 28.3 Å². The van der Waals surface area contributed by atoms with Gasteiger partial charge in [0.25, 0.3) is 11.5 Å². The third-order valence-corrected chi connectivity index (χ3v) is 5.00. The van der Waals surface area contributed by atoms with Crippen molar-refractivity contribution in [3.63, 3.8) is 0 Å². The molecule has 29 heavy (non-hydrogen) atoms. The van der Waals surface area contributed by atoms with Crippen molar-refractivity contribution in [2.75, 3.05) is 13.1 Å². The number of piperidine rings is 1. The largest absolute Gasteiger partial charge is 0.434 e. The molecule has 0 aliphatic carbocycles. The fraction of sp³-hybridized carbons (Fsp3) is 0.333. The van der Waals surface area contributed by atoms with E-state index >= 15 is 0 Å². The van der Waals surface area contributed by atoms with Crippen LogP contribution in [0.15, 0.2) is 38.3 Å². The zero-order chi connectivity index (χ0) is 20.8. The van der Waals surface area contributed by atoms with Gasteiger partial charge in [0.15, 0.2) is 0 Å². The number of pyridine rings is 1. The fourth-order valence-electron chi connectivity index (χ4n) is 3.54. The first kappa shape index (κ1) is 19.0. The van der Waals surface area contributed by atoms with Gasteiger partial charge in [0.2, 0.25) is 5.89 Å². The van der Waals surface area contributed by atoms with Crippen molar-refractivity contribution in [2.24, 2.45) is 0 Å². The number of aromatic nitrogens is 3. The summed E-state index contributed by atoms with van der Waals surface area (Å²) in [4.78, 5) is 39.8. The van der Waals surface area contributed by atoms with E-state index in [0.29, 0.717) is 25.9 Å². The Hall–Kier alpha value is -3.37. The average molecular weight is 408 g/mol. The predicted molar refractivity (Wildman–Crippen MR) is 94.6 cm³/mol. The molecule has 0 unspecified atom stereocenters. The molecular weight excluding hydrogens is 393 g/mol. The van der Waals surface area contributed by atoms with E-state index in [0.717, 1.165) is 6.07 Å². The van der Waals surface area contributed by atoms with Crippen molar-refractivity contribution in [3.05, 3.63) is 62.2 Å². The highest BCUT2D eigenvalue weighted by Crippen LogP contribution is 2.33. The van der Waals surface area contributed by atoms with Crippen LogP contribution in [-0.4, -0.2) is 39.1 Å². The summed E-state index contributed by atoms with van der Waals surface area (Å²) in [6, 6.07) is 4.69. The molecule has 3 heterocycles. The van der Waals surface area contributed by atoms with Gasteiger partial charge in [-0.05, 0) is 30.4 Å². The van der Waals surface area contributed by atoms with Gasteiger partial charge in [0.1, 0.15) is 5.56 Å². The molecule has 0 saturated carbocycles. The molecule has 152 valence electrons. The van der Waals surface area contributed by atoms with Crippen molar-refractivity contribution in [1.29, 1.82) is 0 Å². The lowest BCUT2D eigenvalue weighted by atomic mass is 9.96. The molecule has 0 spiro atoms. The van der Waals surface area contributed by atoms with Gasteiger partial charge in [-0.2, -0.15) is 13.2 Å². The first-order chi connectivity index (χ1) is 13.7. The van der Waals surface area contributed by atoms with Crippen molar-refractivity contribution in [3.8, 4) is 0 Å². The number of carbonyl (C=O) groups excluding carboxylic acids is 1. The number of nitrogens with zero attached hydrogens (tertiary/aromatic N) is 2. The Labute approximate surface area is 160 Å². The maximum absolute atomic E-state index is 13.1. The van der Waals surface area contributed by atoms with E-state index in [1.165, 1.54) is 23.1 Å². The van der Waals surface area contributed by atoms with Gasteiger partial charge in [-0.25, -0.2) is 9.89 Å². The molecule has 0 atom stereocenters. The summed E-state index contributed by atoms with van der Waals surface area (Å²) in [5.74, 6) is -1.08. The van der Waals surface area contributed by atoms with Crippen LogP contribution >= 0.6 is 0 Å². The van der Waals surface area contributed by atoms with Gasteiger partial charge >= 0.3 is 11.9 Å². The van der Waals surface area contributed by atoms with Crippen LogP contribution in [0, 0.1) is 0 Å². The van der Waals surface area contributed by atoms with E-state index in [1.54, 1.807) is 0 Å². The lowest BCUT2D eigenvalue weighted by Crippen LogP contribution is -2.40. The zero-order valence-corrected chi connectivity index (χ0v) is 14.9. The van der Waals surface area contributed by atoms with Crippen LogP contribution in [0.5, 0.6) is 0 Å². The number of aromatic amines is 2. The number of hydrogen-bond acceptors (Lipinski definition) is 5. The molecule has 1 aliphatic heterocycles. The number of nitrogens with one attached hydrogen (secondary N) is 2. The predicted octanol–water partition coefficient (Wildman–Crippen LogP) is 2.24. The topological polar surface area (TPSA) is 112 Å². The Kier molecular flexibility index (Phi) is 4.52.